The normalized spacial score (nSPS) is 13.3. The number of nitrogens with zero attached hydrogens (tertiary/aromatic N) is 1. The zero-order chi connectivity index (χ0) is 15.6. The highest BCUT2D eigenvalue weighted by Gasteiger charge is 2.27. The summed E-state index contributed by atoms with van der Waals surface area (Å²) in [6, 6.07) is 12.0. The summed E-state index contributed by atoms with van der Waals surface area (Å²) in [5.41, 5.74) is 0.392. The van der Waals surface area contributed by atoms with Gasteiger partial charge in [-0.3, -0.25) is 0 Å². The predicted molar refractivity (Wildman–Crippen MR) is 89.8 cm³/mol. The van der Waals surface area contributed by atoms with Crippen LogP contribution in [0.15, 0.2) is 45.3 Å². The van der Waals surface area contributed by atoms with Crippen molar-refractivity contribution in [2.45, 2.75) is 12.5 Å². The number of hydrogen-bond donors (Lipinski definition) is 1. The van der Waals surface area contributed by atoms with Crippen molar-refractivity contribution in [1.82, 2.24) is 0 Å². The number of halogens is 4. The molecule has 1 atom stereocenters. The van der Waals surface area contributed by atoms with Gasteiger partial charge in [0.1, 0.15) is 11.4 Å². The van der Waals surface area contributed by atoms with E-state index in [0.29, 0.717) is 15.1 Å². The second-order valence-corrected chi connectivity index (χ2v) is 6.74. The van der Waals surface area contributed by atoms with Crippen LogP contribution < -0.4 is 5.32 Å². The molecule has 0 saturated carbocycles. The molecular formula is C15H10Br2ClFN2. The molecular weight excluding hydrogens is 422 g/mol. The second kappa shape index (κ2) is 6.35. The van der Waals surface area contributed by atoms with Gasteiger partial charge in [0, 0.05) is 10.2 Å². The first-order valence-electron chi connectivity index (χ1n) is 5.96. The van der Waals surface area contributed by atoms with Gasteiger partial charge in [0.05, 0.1) is 15.6 Å². The molecule has 0 aliphatic heterocycles. The lowest BCUT2D eigenvalue weighted by molar-refractivity contribution is 0.616. The molecule has 0 bridgehead atoms. The summed E-state index contributed by atoms with van der Waals surface area (Å²) in [6.45, 7) is 1.73. The molecule has 0 spiro atoms. The standard InChI is InChI=1S/C15H10Br2ClFN2/c1-15(8-20,9-2-5-14(19)12(17)6-9)21-10-3-4-13(18)11(16)7-10/h2-7,21H,1H3. The van der Waals surface area contributed by atoms with Gasteiger partial charge in [-0.15, -0.1) is 0 Å². The van der Waals surface area contributed by atoms with Gasteiger partial charge in [0.15, 0.2) is 0 Å². The number of nitrogens with one attached hydrogen (secondary N) is 1. The molecule has 6 heteroatoms. The Labute approximate surface area is 144 Å². The van der Waals surface area contributed by atoms with E-state index in [-0.39, 0.29) is 5.82 Å². The van der Waals surface area contributed by atoms with Crippen LogP contribution in [-0.4, -0.2) is 0 Å². The van der Waals surface area contributed by atoms with Crippen LogP contribution in [0.5, 0.6) is 0 Å². The minimum Gasteiger partial charge on any atom is -0.364 e. The number of benzene rings is 2. The van der Waals surface area contributed by atoms with Gasteiger partial charge in [-0.25, -0.2) is 4.39 Å². The Hall–Kier alpha value is -1.09. The molecule has 0 amide bonds. The summed E-state index contributed by atoms with van der Waals surface area (Å²) in [4.78, 5) is 0. The third kappa shape index (κ3) is 3.57. The summed E-state index contributed by atoms with van der Waals surface area (Å²) in [5, 5.41) is 13.3. The lowest BCUT2D eigenvalue weighted by Crippen LogP contribution is -2.30. The average Bonchev–Trinajstić information content (AvgIpc) is 2.45. The number of hydrogen-bond acceptors (Lipinski definition) is 2. The van der Waals surface area contributed by atoms with Crippen molar-refractivity contribution in [3.05, 3.63) is 61.7 Å². The molecule has 2 nitrogen and oxygen atoms in total. The van der Waals surface area contributed by atoms with Gasteiger partial charge >= 0.3 is 0 Å². The zero-order valence-electron chi connectivity index (χ0n) is 10.9. The van der Waals surface area contributed by atoms with Gasteiger partial charge in [0.25, 0.3) is 0 Å². The minimum absolute atomic E-state index is 0.320. The van der Waals surface area contributed by atoms with Crippen LogP contribution in [0.25, 0.3) is 0 Å². The number of anilines is 1. The van der Waals surface area contributed by atoms with E-state index in [1.165, 1.54) is 6.07 Å². The van der Waals surface area contributed by atoms with Crippen molar-refractivity contribution < 1.29 is 4.39 Å². The van der Waals surface area contributed by atoms with E-state index < -0.39 is 5.54 Å². The molecule has 1 N–H and O–H groups in total. The third-order valence-corrected chi connectivity index (χ3v) is 4.86. The molecule has 2 aromatic rings. The quantitative estimate of drug-likeness (QED) is 0.660. The summed E-state index contributed by atoms with van der Waals surface area (Å²) in [7, 11) is 0. The monoisotopic (exact) mass is 430 g/mol. The highest BCUT2D eigenvalue weighted by Crippen LogP contribution is 2.31. The van der Waals surface area contributed by atoms with Crippen molar-refractivity contribution in [2.75, 3.05) is 5.32 Å². The Kier molecular flexibility index (Phi) is 4.92. The van der Waals surface area contributed by atoms with Crippen molar-refractivity contribution in [2.24, 2.45) is 0 Å². The number of nitriles is 1. The average molecular weight is 433 g/mol. The van der Waals surface area contributed by atoms with Gasteiger partial charge in [-0.1, -0.05) is 17.7 Å². The van der Waals surface area contributed by atoms with Crippen molar-refractivity contribution in [3.63, 3.8) is 0 Å². The molecule has 0 aliphatic rings. The van der Waals surface area contributed by atoms with E-state index >= 15 is 0 Å². The Morgan fingerprint density at radius 2 is 1.90 bits per heavy atom. The van der Waals surface area contributed by atoms with Gasteiger partial charge in [0.2, 0.25) is 0 Å². The Morgan fingerprint density at radius 3 is 2.48 bits per heavy atom. The number of rotatable bonds is 3. The maximum atomic E-state index is 13.3. The molecule has 0 heterocycles. The fourth-order valence-electron chi connectivity index (χ4n) is 1.83. The summed E-state index contributed by atoms with van der Waals surface area (Å²) in [5.74, 6) is -0.367. The molecule has 2 rings (SSSR count). The van der Waals surface area contributed by atoms with E-state index in [1.807, 2.05) is 0 Å². The first kappa shape index (κ1) is 16.3. The Bertz CT molecular complexity index is 730. The first-order chi connectivity index (χ1) is 9.85. The molecule has 0 aliphatic carbocycles. The van der Waals surface area contributed by atoms with E-state index in [2.05, 4.69) is 43.2 Å². The highest BCUT2D eigenvalue weighted by molar-refractivity contribution is 9.10. The SMILES string of the molecule is CC(C#N)(Nc1ccc(Cl)c(Br)c1)c1ccc(F)c(Br)c1. The van der Waals surface area contributed by atoms with Crippen molar-refractivity contribution in [1.29, 1.82) is 5.26 Å². The molecule has 0 radical (unpaired) electrons. The maximum Gasteiger partial charge on any atom is 0.148 e. The van der Waals surface area contributed by atoms with Crippen LogP contribution in [0.3, 0.4) is 0 Å². The topological polar surface area (TPSA) is 35.8 Å². The highest BCUT2D eigenvalue weighted by atomic mass is 79.9. The fraction of sp³-hybridized carbons (Fsp3) is 0.133. The zero-order valence-corrected chi connectivity index (χ0v) is 14.9. The van der Waals surface area contributed by atoms with Crippen LogP contribution in [-0.2, 0) is 5.54 Å². The fourth-order valence-corrected chi connectivity index (χ4v) is 2.71. The van der Waals surface area contributed by atoms with E-state index in [9.17, 15) is 9.65 Å². The lowest BCUT2D eigenvalue weighted by Gasteiger charge is -2.25. The third-order valence-electron chi connectivity index (χ3n) is 3.03. The molecule has 21 heavy (non-hydrogen) atoms. The molecule has 0 fully saturated rings. The van der Waals surface area contributed by atoms with Crippen LogP contribution >= 0.6 is 43.5 Å². The molecule has 108 valence electrons. The maximum absolute atomic E-state index is 13.3. The van der Waals surface area contributed by atoms with E-state index in [0.717, 1.165) is 10.2 Å². The van der Waals surface area contributed by atoms with E-state index in [1.54, 1.807) is 37.3 Å². The Morgan fingerprint density at radius 1 is 1.19 bits per heavy atom. The largest absolute Gasteiger partial charge is 0.364 e. The Balaban J connectivity index is 2.39. The molecule has 0 saturated heterocycles. The summed E-state index contributed by atoms with van der Waals surface area (Å²) >= 11 is 12.4. The lowest BCUT2D eigenvalue weighted by atomic mass is 9.93. The smallest absolute Gasteiger partial charge is 0.148 e. The van der Waals surface area contributed by atoms with Gasteiger partial charge in [-0.05, 0) is 74.7 Å². The van der Waals surface area contributed by atoms with Crippen molar-refractivity contribution in [3.8, 4) is 6.07 Å². The first-order valence-corrected chi connectivity index (χ1v) is 7.92. The summed E-state index contributed by atoms with van der Waals surface area (Å²) in [6.07, 6.45) is 0. The van der Waals surface area contributed by atoms with Crippen LogP contribution in [0.4, 0.5) is 10.1 Å². The predicted octanol–water partition coefficient (Wildman–Crippen LogP) is 5.85. The van der Waals surface area contributed by atoms with Crippen LogP contribution in [0.2, 0.25) is 5.02 Å². The van der Waals surface area contributed by atoms with Crippen LogP contribution in [0.1, 0.15) is 12.5 Å². The molecule has 1 unspecified atom stereocenters. The van der Waals surface area contributed by atoms with Crippen LogP contribution in [0, 0.1) is 17.1 Å². The van der Waals surface area contributed by atoms with E-state index in [4.69, 9.17) is 11.6 Å². The summed E-state index contributed by atoms with van der Waals surface area (Å²) < 4.78 is 14.4. The van der Waals surface area contributed by atoms with Gasteiger partial charge in [-0.2, -0.15) is 5.26 Å². The second-order valence-electron chi connectivity index (χ2n) is 4.62. The van der Waals surface area contributed by atoms with Gasteiger partial charge < -0.3 is 5.32 Å². The minimum atomic E-state index is -0.997. The molecule has 0 aromatic heterocycles. The van der Waals surface area contributed by atoms with Crippen molar-refractivity contribution >= 4 is 49.1 Å². The molecule has 2 aromatic carbocycles.